The lowest BCUT2D eigenvalue weighted by Crippen LogP contribution is -2.14. The van der Waals surface area contributed by atoms with Gasteiger partial charge in [0.2, 0.25) is 0 Å². The number of pyridine rings is 1. The van der Waals surface area contributed by atoms with Crippen LogP contribution in [0.4, 0.5) is 5.69 Å². The van der Waals surface area contributed by atoms with Gasteiger partial charge in [-0.2, -0.15) is 5.10 Å². The average molecular weight is 503 g/mol. The summed E-state index contributed by atoms with van der Waals surface area (Å²) in [4.78, 5) is 29.6. The van der Waals surface area contributed by atoms with E-state index in [4.69, 9.17) is 20.8 Å². The van der Waals surface area contributed by atoms with Crippen molar-refractivity contribution in [3.63, 3.8) is 0 Å². The number of para-hydroxylation sites is 1. The van der Waals surface area contributed by atoms with Gasteiger partial charge >= 0.3 is 5.97 Å². The maximum absolute atomic E-state index is 13.2. The molecule has 3 aromatic heterocycles. The monoisotopic (exact) mass is 502 g/mol. The summed E-state index contributed by atoms with van der Waals surface area (Å²) in [7, 11) is 3.13. The van der Waals surface area contributed by atoms with Crippen molar-refractivity contribution >= 4 is 45.1 Å². The van der Waals surface area contributed by atoms with Crippen molar-refractivity contribution in [2.45, 2.75) is 19.9 Å². The summed E-state index contributed by atoms with van der Waals surface area (Å²) in [6, 6.07) is 15.9. The number of nitrogens with one attached hydrogen (secondary N) is 1. The van der Waals surface area contributed by atoms with Crippen molar-refractivity contribution in [3.8, 4) is 11.5 Å². The molecule has 5 rings (SSSR count). The molecule has 3 heterocycles. The molecule has 5 aromatic rings. The number of halogens is 1. The van der Waals surface area contributed by atoms with Gasteiger partial charge in [0.25, 0.3) is 0 Å². The van der Waals surface area contributed by atoms with Crippen LogP contribution in [0.1, 0.15) is 34.6 Å². The van der Waals surface area contributed by atoms with Gasteiger partial charge in [-0.05, 0) is 43.7 Å². The predicted octanol–water partition coefficient (Wildman–Crippen LogP) is 5.66. The molecule has 0 aliphatic carbocycles. The number of carbonyl (C=O) groups is 1. The smallest absolute Gasteiger partial charge is 0.358 e. The molecular formula is C27H23ClN4O4. The quantitative estimate of drug-likeness (QED) is 0.244. The minimum atomic E-state index is -0.614. The topological polar surface area (TPSA) is 99.2 Å². The maximum atomic E-state index is 13.2. The van der Waals surface area contributed by atoms with Crippen LogP contribution in [0.15, 0.2) is 63.8 Å². The largest absolute Gasteiger partial charge is 0.464 e. The Morgan fingerprint density at radius 3 is 2.69 bits per heavy atom. The van der Waals surface area contributed by atoms with Gasteiger partial charge in [0.15, 0.2) is 16.9 Å². The lowest BCUT2D eigenvalue weighted by atomic mass is 10.0. The minimum absolute atomic E-state index is 0.0657. The van der Waals surface area contributed by atoms with E-state index in [9.17, 15) is 9.59 Å². The molecule has 0 saturated carbocycles. The molecule has 182 valence electrons. The normalized spacial score (nSPS) is 12.1. The zero-order chi connectivity index (χ0) is 25.6. The number of nitrogens with zero attached hydrogens (tertiary/aromatic N) is 3. The number of anilines is 1. The van der Waals surface area contributed by atoms with Gasteiger partial charge in [-0.3, -0.25) is 9.48 Å². The highest BCUT2D eigenvalue weighted by molar-refractivity contribution is 6.29. The second-order valence-corrected chi connectivity index (χ2v) is 8.97. The highest BCUT2D eigenvalue weighted by Crippen LogP contribution is 2.33. The van der Waals surface area contributed by atoms with Crippen molar-refractivity contribution < 1.29 is 13.9 Å². The number of esters is 1. The van der Waals surface area contributed by atoms with Gasteiger partial charge in [-0.1, -0.05) is 35.9 Å². The molecule has 8 nitrogen and oxygen atoms in total. The van der Waals surface area contributed by atoms with Crippen LogP contribution >= 0.6 is 11.6 Å². The number of rotatable bonds is 5. The van der Waals surface area contributed by atoms with Crippen molar-refractivity contribution in [1.82, 2.24) is 14.8 Å². The van der Waals surface area contributed by atoms with Crippen LogP contribution in [0.25, 0.3) is 33.3 Å². The third-order valence-corrected chi connectivity index (χ3v) is 6.28. The summed E-state index contributed by atoms with van der Waals surface area (Å²) in [5, 5.41) is 9.43. The second-order valence-electron chi connectivity index (χ2n) is 8.58. The molecule has 0 fully saturated rings. The van der Waals surface area contributed by atoms with Crippen molar-refractivity contribution in [2.24, 2.45) is 7.05 Å². The van der Waals surface area contributed by atoms with E-state index >= 15 is 0 Å². The standard InChI is InChI=1S/C27H23ClN4O4/c1-14-11-17(15(2)29-19-9-10-23(28)30-25(19)27(34)35-4)26-18(12-14)21(33)13-22(36-26)24-16-7-5-6-8-20(16)32(3)31-24/h5-13,15,29H,1-4H3. The van der Waals surface area contributed by atoms with E-state index in [0.717, 1.165) is 22.0 Å². The molecule has 0 bridgehead atoms. The SMILES string of the molecule is COC(=O)c1nc(Cl)ccc1NC(C)c1cc(C)cc2c(=O)cc(-c3nn(C)c4ccccc34)oc12. The number of aromatic nitrogens is 3. The first-order chi connectivity index (χ1) is 17.3. The fraction of sp³-hybridized carbons (Fsp3) is 0.185. The molecular weight excluding hydrogens is 480 g/mol. The van der Waals surface area contributed by atoms with Crippen LogP contribution in [-0.2, 0) is 11.8 Å². The van der Waals surface area contributed by atoms with E-state index in [-0.39, 0.29) is 22.3 Å². The molecule has 0 amide bonds. The summed E-state index contributed by atoms with van der Waals surface area (Å²) < 4.78 is 13.0. The van der Waals surface area contributed by atoms with Crippen LogP contribution in [0, 0.1) is 6.92 Å². The van der Waals surface area contributed by atoms with E-state index in [1.165, 1.54) is 13.2 Å². The Balaban J connectivity index is 1.66. The molecule has 2 aromatic carbocycles. The molecule has 1 N–H and O–H groups in total. The Labute approximate surface area is 211 Å². The zero-order valence-electron chi connectivity index (χ0n) is 20.1. The van der Waals surface area contributed by atoms with Crippen molar-refractivity contribution in [3.05, 3.63) is 86.8 Å². The van der Waals surface area contributed by atoms with Gasteiger partial charge in [0.05, 0.1) is 29.7 Å². The zero-order valence-corrected chi connectivity index (χ0v) is 20.9. The van der Waals surface area contributed by atoms with E-state index in [2.05, 4.69) is 15.4 Å². The van der Waals surface area contributed by atoms with Crippen molar-refractivity contribution in [1.29, 1.82) is 0 Å². The van der Waals surface area contributed by atoms with Gasteiger partial charge in [0.1, 0.15) is 16.4 Å². The van der Waals surface area contributed by atoms with Crippen LogP contribution < -0.4 is 10.7 Å². The molecule has 36 heavy (non-hydrogen) atoms. The Morgan fingerprint density at radius 1 is 1.14 bits per heavy atom. The fourth-order valence-corrected chi connectivity index (χ4v) is 4.53. The third kappa shape index (κ3) is 4.09. The van der Waals surface area contributed by atoms with Crippen molar-refractivity contribution in [2.75, 3.05) is 12.4 Å². The molecule has 0 radical (unpaired) electrons. The molecule has 1 atom stereocenters. The first-order valence-electron chi connectivity index (χ1n) is 11.3. The lowest BCUT2D eigenvalue weighted by Gasteiger charge is -2.19. The number of methoxy groups -OCH3 is 1. The van der Waals surface area contributed by atoms with Crippen LogP contribution in [0.3, 0.4) is 0 Å². The molecule has 1 unspecified atom stereocenters. The summed E-state index contributed by atoms with van der Waals surface area (Å²) in [5.74, 6) is -0.234. The van der Waals surface area contributed by atoms with E-state index in [1.54, 1.807) is 22.9 Å². The highest BCUT2D eigenvalue weighted by Gasteiger charge is 2.21. The number of fused-ring (bicyclic) bond motifs is 2. The summed E-state index contributed by atoms with van der Waals surface area (Å²) in [5.41, 5.74) is 3.96. The molecule has 0 spiro atoms. The molecule has 0 aliphatic rings. The van der Waals surface area contributed by atoms with Gasteiger partial charge < -0.3 is 14.5 Å². The van der Waals surface area contributed by atoms with Gasteiger partial charge in [-0.25, -0.2) is 9.78 Å². The third-order valence-electron chi connectivity index (χ3n) is 6.07. The number of benzene rings is 2. The lowest BCUT2D eigenvalue weighted by molar-refractivity contribution is 0.0595. The van der Waals surface area contributed by atoms with Gasteiger partial charge in [-0.15, -0.1) is 0 Å². The highest BCUT2D eigenvalue weighted by atomic mass is 35.5. The van der Waals surface area contributed by atoms with Gasteiger partial charge in [0, 0.05) is 24.1 Å². The van der Waals surface area contributed by atoms with Crippen LogP contribution in [0.5, 0.6) is 0 Å². The number of hydrogen-bond acceptors (Lipinski definition) is 7. The second kappa shape index (κ2) is 9.13. The Kier molecular flexibility index (Phi) is 5.97. The maximum Gasteiger partial charge on any atom is 0.358 e. The Bertz CT molecular complexity index is 1710. The first kappa shape index (κ1) is 23.6. The molecule has 9 heteroatoms. The Morgan fingerprint density at radius 2 is 1.92 bits per heavy atom. The van der Waals surface area contributed by atoms with Crippen LogP contribution in [-0.4, -0.2) is 27.8 Å². The summed E-state index contributed by atoms with van der Waals surface area (Å²) in [6.07, 6.45) is 0. The van der Waals surface area contributed by atoms with Crippen LogP contribution in [0.2, 0.25) is 5.15 Å². The predicted molar refractivity (Wildman–Crippen MR) is 140 cm³/mol. The summed E-state index contributed by atoms with van der Waals surface area (Å²) in [6.45, 7) is 3.83. The molecule has 0 aliphatic heterocycles. The number of aryl methyl sites for hydroxylation is 2. The van der Waals surface area contributed by atoms with E-state index < -0.39 is 5.97 Å². The number of ether oxygens (including phenoxy) is 1. The number of carbonyl (C=O) groups excluding carboxylic acids is 1. The Hall–Kier alpha value is -4.17. The molecule has 0 saturated heterocycles. The van der Waals surface area contributed by atoms with E-state index in [0.29, 0.717) is 28.1 Å². The minimum Gasteiger partial charge on any atom is -0.464 e. The summed E-state index contributed by atoms with van der Waals surface area (Å²) >= 11 is 6.00. The van der Waals surface area contributed by atoms with E-state index in [1.807, 2.05) is 51.2 Å². The fourth-order valence-electron chi connectivity index (χ4n) is 4.38. The number of hydrogen-bond donors (Lipinski definition) is 1. The average Bonchev–Trinajstić information content (AvgIpc) is 3.21. The first-order valence-corrected chi connectivity index (χ1v) is 11.7.